The quantitative estimate of drug-likeness (QED) is 0.820. The van der Waals surface area contributed by atoms with Gasteiger partial charge in [0.25, 0.3) is 0 Å². The average molecular weight is 308 g/mol. The largest absolute Gasteiger partial charge is 0.381 e. The number of carbonyl (C=O) groups is 1. The average Bonchev–Trinajstić information content (AvgIpc) is 3.01. The minimum absolute atomic E-state index is 0.0678. The van der Waals surface area contributed by atoms with Gasteiger partial charge in [-0.2, -0.15) is 5.26 Å². The molecule has 4 nitrogen and oxygen atoms in total. The number of carbonyl (C=O) groups excluding carboxylic acids is 1. The molecule has 0 radical (unpaired) electrons. The lowest BCUT2D eigenvalue weighted by Gasteiger charge is -2.16. The van der Waals surface area contributed by atoms with Crippen molar-refractivity contribution in [2.24, 2.45) is 5.92 Å². The lowest BCUT2D eigenvalue weighted by atomic mass is 10.0. The number of thioether (sulfide) groups is 1. The first-order chi connectivity index (χ1) is 10.2. The number of halogens is 1. The van der Waals surface area contributed by atoms with Crippen molar-refractivity contribution in [3.8, 4) is 6.07 Å². The van der Waals surface area contributed by atoms with Crippen molar-refractivity contribution in [1.82, 2.24) is 5.32 Å². The minimum Gasteiger partial charge on any atom is -0.381 e. The van der Waals surface area contributed by atoms with Crippen LogP contribution in [-0.2, 0) is 9.53 Å². The summed E-state index contributed by atoms with van der Waals surface area (Å²) in [7, 11) is 0. The van der Waals surface area contributed by atoms with Crippen molar-refractivity contribution >= 4 is 17.7 Å². The van der Waals surface area contributed by atoms with Gasteiger partial charge < -0.3 is 10.1 Å². The molecule has 1 aromatic rings. The van der Waals surface area contributed by atoms with Crippen molar-refractivity contribution in [1.29, 1.82) is 5.26 Å². The van der Waals surface area contributed by atoms with Crippen molar-refractivity contribution in [2.45, 2.75) is 23.8 Å². The summed E-state index contributed by atoms with van der Waals surface area (Å²) in [5, 5.41) is 11.8. The van der Waals surface area contributed by atoms with Crippen LogP contribution in [0.15, 0.2) is 29.2 Å². The van der Waals surface area contributed by atoms with E-state index in [2.05, 4.69) is 11.4 Å². The van der Waals surface area contributed by atoms with E-state index < -0.39 is 6.04 Å². The molecule has 1 amide bonds. The van der Waals surface area contributed by atoms with Gasteiger partial charge in [0.1, 0.15) is 11.9 Å². The second-order valence-electron chi connectivity index (χ2n) is 4.83. The lowest BCUT2D eigenvalue weighted by Crippen LogP contribution is -2.39. The second-order valence-corrected chi connectivity index (χ2v) is 5.96. The van der Waals surface area contributed by atoms with Crippen molar-refractivity contribution < 1.29 is 13.9 Å². The van der Waals surface area contributed by atoms with Crippen LogP contribution in [0.1, 0.15) is 12.8 Å². The standard InChI is InChI=1S/C15H17FN2O2S/c16-12-3-1-2-4-14(12)21-8-6-15(19)18-13(9-17)11-5-7-20-10-11/h1-4,11,13H,5-8,10H2,(H,18,19)/t11-,13+/m0/s1. The van der Waals surface area contributed by atoms with Gasteiger partial charge in [-0.1, -0.05) is 12.1 Å². The van der Waals surface area contributed by atoms with Gasteiger partial charge in [0.05, 0.1) is 12.7 Å². The van der Waals surface area contributed by atoms with E-state index >= 15 is 0 Å². The lowest BCUT2D eigenvalue weighted by molar-refractivity contribution is -0.121. The fraction of sp³-hybridized carbons (Fsp3) is 0.467. The molecular formula is C15H17FN2O2S. The molecule has 0 aromatic heterocycles. The number of nitriles is 1. The summed E-state index contributed by atoms with van der Waals surface area (Å²) in [4.78, 5) is 12.4. The predicted molar refractivity (Wildman–Crippen MR) is 78.2 cm³/mol. The molecular weight excluding hydrogens is 291 g/mol. The van der Waals surface area contributed by atoms with Crippen LogP contribution in [0.2, 0.25) is 0 Å². The minimum atomic E-state index is -0.501. The maximum atomic E-state index is 13.4. The van der Waals surface area contributed by atoms with Gasteiger partial charge in [-0.25, -0.2) is 4.39 Å². The van der Waals surface area contributed by atoms with Gasteiger partial charge in [-0.15, -0.1) is 11.8 Å². The van der Waals surface area contributed by atoms with E-state index in [0.29, 0.717) is 23.9 Å². The number of nitrogens with one attached hydrogen (secondary N) is 1. The Hall–Kier alpha value is -1.58. The van der Waals surface area contributed by atoms with E-state index in [-0.39, 0.29) is 24.1 Å². The SMILES string of the molecule is N#C[C@@H](NC(=O)CCSc1ccccc1F)[C@H]1CCOC1. The highest BCUT2D eigenvalue weighted by molar-refractivity contribution is 7.99. The number of rotatable bonds is 6. The number of ether oxygens (including phenoxy) is 1. The van der Waals surface area contributed by atoms with Crippen molar-refractivity contribution in [3.05, 3.63) is 30.1 Å². The summed E-state index contributed by atoms with van der Waals surface area (Å²) in [5.74, 6) is 0.0860. The number of hydrogen-bond acceptors (Lipinski definition) is 4. The highest BCUT2D eigenvalue weighted by Gasteiger charge is 2.26. The van der Waals surface area contributed by atoms with Crippen LogP contribution < -0.4 is 5.32 Å². The monoisotopic (exact) mass is 308 g/mol. The van der Waals surface area contributed by atoms with Crippen LogP contribution >= 0.6 is 11.8 Å². The van der Waals surface area contributed by atoms with E-state index in [1.54, 1.807) is 18.2 Å². The molecule has 0 saturated carbocycles. The Balaban J connectivity index is 1.74. The fourth-order valence-electron chi connectivity index (χ4n) is 2.13. The summed E-state index contributed by atoms with van der Waals surface area (Å²) in [6.07, 6.45) is 1.05. The van der Waals surface area contributed by atoms with E-state index in [1.807, 2.05) is 0 Å². The molecule has 6 heteroatoms. The zero-order chi connectivity index (χ0) is 15.1. The maximum Gasteiger partial charge on any atom is 0.221 e. The van der Waals surface area contributed by atoms with Crippen molar-refractivity contribution in [2.75, 3.05) is 19.0 Å². The van der Waals surface area contributed by atoms with Crippen LogP contribution in [0.5, 0.6) is 0 Å². The molecule has 1 saturated heterocycles. The molecule has 0 aliphatic carbocycles. The van der Waals surface area contributed by atoms with Gasteiger partial charge in [0.2, 0.25) is 5.91 Å². The first-order valence-corrected chi connectivity index (χ1v) is 7.83. The van der Waals surface area contributed by atoms with E-state index in [4.69, 9.17) is 10.00 Å². The molecule has 2 atom stereocenters. The highest BCUT2D eigenvalue weighted by Crippen LogP contribution is 2.22. The third kappa shape index (κ3) is 4.73. The molecule has 0 bridgehead atoms. The smallest absolute Gasteiger partial charge is 0.221 e. The molecule has 1 N–H and O–H groups in total. The highest BCUT2D eigenvalue weighted by atomic mass is 32.2. The van der Waals surface area contributed by atoms with Gasteiger partial charge in [-0.3, -0.25) is 4.79 Å². The zero-order valence-corrected chi connectivity index (χ0v) is 12.4. The zero-order valence-electron chi connectivity index (χ0n) is 11.5. The normalized spacial score (nSPS) is 19.0. The van der Waals surface area contributed by atoms with Gasteiger partial charge in [0, 0.05) is 29.6 Å². The number of benzene rings is 1. The molecule has 112 valence electrons. The Morgan fingerprint density at radius 3 is 3.05 bits per heavy atom. The summed E-state index contributed by atoms with van der Waals surface area (Å²) in [6.45, 7) is 1.16. The summed E-state index contributed by atoms with van der Waals surface area (Å²) in [5.41, 5.74) is 0. The first kappa shape index (κ1) is 15.8. The molecule has 0 spiro atoms. The maximum absolute atomic E-state index is 13.4. The van der Waals surface area contributed by atoms with E-state index in [1.165, 1.54) is 17.8 Å². The summed E-state index contributed by atoms with van der Waals surface area (Å²) in [6, 6.07) is 8.09. The molecule has 1 aliphatic rings. The molecule has 2 rings (SSSR count). The number of amides is 1. The number of hydrogen-bond donors (Lipinski definition) is 1. The summed E-state index contributed by atoms with van der Waals surface area (Å²) < 4.78 is 18.6. The first-order valence-electron chi connectivity index (χ1n) is 6.84. The third-order valence-corrected chi connectivity index (χ3v) is 4.37. The summed E-state index contributed by atoms with van der Waals surface area (Å²) >= 11 is 1.30. The van der Waals surface area contributed by atoms with Gasteiger partial charge >= 0.3 is 0 Å². The number of nitrogens with zero attached hydrogens (tertiary/aromatic N) is 1. The predicted octanol–water partition coefficient (Wildman–Crippen LogP) is 2.35. The second kappa shape index (κ2) is 8.01. The molecule has 1 aliphatic heterocycles. The van der Waals surface area contributed by atoms with Crippen LogP contribution in [0, 0.1) is 23.1 Å². The third-order valence-electron chi connectivity index (χ3n) is 3.32. The van der Waals surface area contributed by atoms with Crippen LogP contribution in [0.4, 0.5) is 4.39 Å². The van der Waals surface area contributed by atoms with E-state index in [9.17, 15) is 9.18 Å². The Morgan fingerprint density at radius 1 is 1.57 bits per heavy atom. The molecule has 1 heterocycles. The Kier molecular flexibility index (Phi) is 6.03. The van der Waals surface area contributed by atoms with Gasteiger partial charge in [-0.05, 0) is 18.6 Å². The molecule has 1 aromatic carbocycles. The molecule has 21 heavy (non-hydrogen) atoms. The van der Waals surface area contributed by atoms with Crippen LogP contribution in [0.3, 0.4) is 0 Å². The topological polar surface area (TPSA) is 62.1 Å². The van der Waals surface area contributed by atoms with E-state index in [0.717, 1.165) is 6.42 Å². The van der Waals surface area contributed by atoms with Gasteiger partial charge in [0.15, 0.2) is 0 Å². The van der Waals surface area contributed by atoms with Crippen LogP contribution in [-0.4, -0.2) is 30.9 Å². The Labute approximate surface area is 127 Å². The fourth-order valence-corrected chi connectivity index (χ4v) is 3.02. The van der Waals surface area contributed by atoms with Crippen molar-refractivity contribution in [3.63, 3.8) is 0 Å². The van der Waals surface area contributed by atoms with Crippen LogP contribution in [0.25, 0.3) is 0 Å². The molecule has 1 fully saturated rings. The Bertz CT molecular complexity index is 527. The molecule has 0 unspecified atom stereocenters. The Morgan fingerprint density at radius 2 is 2.38 bits per heavy atom.